The summed E-state index contributed by atoms with van der Waals surface area (Å²) in [6.45, 7) is 1.89. The summed E-state index contributed by atoms with van der Waals surface area (Å²) in [7, 11) is 0. The summed E-state index contributed by atoms with van der Waals surface area (Å²) in [5.41, 5.74) is 1.27. The van der Waals surface area contributed by atoms with E-state index in [0.717, 1.165) is 5.56 Å². The highest BCUT2D eigenvalue weighted by Crippen LogP contribution is 2.27. The van der Waals surface area contributed by atoms with Crippen LogP contribution in [0.15, 0.2) is 40.6 Å². The Morgan fingerprint density at radius 2 is 2.00 bits per heavy atom. The summed E-state index contributed by atoms with van der Waals surface area (Å²) >= 11 is 1.24. The van der Waals surface area contributed by atoms with Gasteiger partial charge in [-0.3, -0.25) is 4.79 Å². The Morgan fingerprint density at radius 1 is 1.29 bits per heavy atom. The number of benzene rings is 1. The van der Waals surface area contributed by atoms with Crippen molar-refractivity contribution in [2.24, 2.45) is 0 Å². The van der Waals surface area contributed by atoms with Crippen molar-refractivity contribution in [3.05, 3.63) is 47.5 Å². The monoisotopic (exact) mass is 248 g/mol. The Hall–Kier alpha value is -1.75. The zero-order chi connectivity index (χ0) is 12.3. The van der Waals surface area contributed by atoms with Crippen molar-refractivity contribution in [3.8, 4) is 0 Å². The molecule has 86 valence electrons. The van der Waals surface area contributed by atoms with E-state index < -0.39 is 5.82 Å². The van der Waals surface area contributed by atoms with Gasteiger partial charge in [0.05, 0.1) is 0 Å². The van der Waals surface area contributed by atoms with Crippen LogP contribution in [0.3, 0.4) is 0 Å². The van der Waals surface area contributed by atoms with Gasteiger partial charge in [-0.2, -0.15) is 0 Å². The molecule has 0 spiro atoms. The Balaban J connectivity index is 2.29. The molecule has 0 unspecified atom stereocenters. The minimum atomic E-state index is -0.429. The van der Waals surface area contributed by atoms with E-state index in [1.54, 1.807) is 18.5 Å². The Kier molecular flexibility index (Phi) is 3.49. The second-order valence-corrected chi connectivity index (χ2v) is 4.45. The van der Waals surface area contributed by atoms with E-state index in [9.17, 15) is 9.18 Å². The second kappa shape index (κ2) is 5.05. The van der Waals surface area contributed by atoms with Gasteiger partial charge in [0.25, 0.3) is 0 Å². The lowest BCUT2D eigenvalue weighted by Gasteiger charge is -2.03. The highest BCUT2D eigenvalue weighted by atomic mass is 32.2. The number of hydrogen-bond donors (Lipinski definition) is 0. The maximum atomic E-state index is 12.9. The first-order chi connectivity index (χ1) is 8.19. The fraction of sp³-hybridized carbons (Fsp3) is 0.0833. The molecule has 0 atom stereocenters. The van der Waals surface area contributed by atoms with E-state index in [0.29, 0.717) is 21.9 Å². The van der Waals surface area contributed by atoms with Crippen LogP contribution in [0.4, 0.5) is 4.39 Å². The van der Waals surface area contributed by atoms with Gasteiger partial charge in [0, 0.05) is 22.9 Å². The fourth-order valence-corrected chi connectivity index (χ4v) is 2.00. The number of halogens is 1. The molecular weight excluding hydrogens is 239 g/mol. The highest BCUT2D eigenvalue weighted by Gasteiger charge is 2.07. The molecule has 0 aliphatic rings. The van der Waals surface area contributed by atoms with E-state index in [2.05, 4.69) is 9.97 Å². The van der Waals surface area contributed by atoms with Crippen LogP contribution in [-0.4, -0.2) is 16.3 Å². The van der Waals surface area contributed by atoms with Crippen LogP contribution in [0.5, 0.6) is 0 Å². The van der Waals surface area contributed by atoms with Crippen molar-refractivity contribution >= 4 is 18.0 Å². The number of carbonyl (C=O) groups excluding carboxylic acids is 1. The Bertz CT molecular complexity index is 543. The van der Waals surface area contributed by atoms with Gasteiger partial charge in [-0.05, 0) is 42.4 Å². The van der Waals surface area contributed by atoms with Crippen molar-refractivity contribution < 1.29 is 9.18 Å². The number of rotatable bonds is 3. The predicted molar refractivity (Wildman–Crippen MR) is 62.7 cm³/mol. The molecule has 0 saturated carbocycles. The van der Waals surface area contributed by atoms with Gasteiger partial charge in [0.1, 0.15) is 5.82 Å². The van der Waals surface area contributed by atoms with Gasteiger partial charge in [-0.15, -0.1) is 0 Å². The molecule has 0 amide bonds. The van der Waals surface area contributed by atoms with Gasteiger partial charge < -0.3 is 0 Å². The Labute approximate surface area is 102 Å². The van der Waals surface area contributed by atoms with Crippen LogP contribution in [0.1, 0.15) is 15.9 Å². The number of aromatic nitrogens is 2. The lowest BCUT2D eigenvalue weighted by atomic mass is 10.2. The number of aryl methyl sites for hydroxylation is 1. The summed E-state index contributed by atoms with van der Waals surface area (Å²) in [4.78, 5) is 19.7. The first-order valence-corrected chi connectivity index (χ1v) is 5.72. The average molecular weight is 248 g/mol. The maximum absolute atomic E-state index is 12.9. The molecule has 0 N–H and O–H groups in total. The van der Waals surface area contributed by atoms with Gasteiger partial charge in [0.2, 0.25) is 0 Å². The van der Waals surface area contributed by atoms with Crippen LogP contribution < -0.4 is 0 Å². The molecule has 17 heavy (non-hydrogen) atoms. The van der Waals surface area contributed by atoms with E-state index in [1.807, 2.05) is 6.92 Å². The minimum Gasteiger partial charge on any atom is -0.298 e. The number of aldehydes is 1. The average Bonchev–Trinajstić information content (AvgIpc) is 2.34. The molecule has 5 heteroatoms. The zero-order valence-electron chi connectivity index (χ0n) is 9.05. The van der Waals surface area contributed by atoms with Crippen LogP contribution in [-0.2, 0) is 0 Å². The molecule has 1 aromatic heterocycles. The molecule has 0 aliphatic heterocycles. The summed E-state index contributed by atoms with van der Waals surface area (Å²) in [5, 5.41) is 0.533. The lowest BCUT2D eigenvalue weighted by Crippen LogP contribution is -1.90. The van der Waals surface area contributed by atoms with Crippen LogP contribution in [0, 0.1) is 12.7 Å². The van der Waals surface area contributed by atoms with E-state index >= 15 is 0 Å². The van der Waals surface area contributed by atoms with Gasteiger partial charge in [-0.1, -0.05) is 0 Å². The molecule has 0 fully saturated rings. The molecule has 2 aromatic rings. The smallest absolute Gasteiger partial charge is 0.192 e. The van der Waals surface area contributed by atoms with Gasteiger partial charge in [0.15, 0.2) is 11.4 Å². The summed E-state index contributed by atoms with van der Waals surface area (Å²) in [6, 6.07) is 4.06. The quantitative estimate of drug-likeness (QED) is 0.618. The highest BCUT2D eigenvalue weighted by molar-refractivity contribution is 7.99. The van der Waals surface area contributed by atoms with Crippen molar-refractivity contribution in [3.63, 3.8) is 0 Å². The van der Waals surface area contributed by atoms with E-state index in [1.165, 1.54) is 23.9 Å². The van der Waals surface area contributed by atoms with Crippen LogP contribution in [0.2, 0.25) is 0 Å². The van der Waals surface area contributed by atoms with Gasteiger partial charge in [-0.25, -0.2) is 14.4 Å². The third-order valence-electron chi connectivity index (χ3n) is 2.06. The first kappa shape index (κ1) is 11.7. The standard InChI is InChI=1S/C12H9FN2OS/c1-8-5-14-12(15-6-8)17-11-3-2-10(13)4-9(11)7-16/h2-7H,1H3. The van der Waals surface area contributed by atoms with Crippen molar-refractivity contribution in [2.45, 2.75) is 17.0 Å². The van der Waals surface area contributed by atoms with Crippen LogP contribution >= 0.6 is 11.8 Å². The van der Waals surface area contributed by atoms with Crippen molar-refractivity contribution in [2.75, 3.05) is 0 Å². The lowest BCUT2D eigenvalue weighted by molar-refractivity contribution is 0.112. The normalized spacial score (nSPS) is 10.2. The van der Waals surface area contributed by atoms with Crippen LogP contribution in [0.25, 0.3) is 0 Å². The first-order valence-electron chi connectivity index (χ1n) is 4.90. The second-order valence-electron chi connectivity index (χ2n) is 3.45. The predicted octanol–water partition coefficient (Wildman–Crippen LogP) is 2.89. The summed E-state index contributed by atoms with van der Waals surface area (Å²) < 4.78 is 12.9. The molecule has 0 bridgehead atoms. The largest absolute Gasteiger partial charge is 0.298 e. The number of hydrogen-bond acceptors (Lipinski definition) is 4. The number of carbonyl (C=O) groups is 1. The Morgan fingerprint density at radius 3 is 2.65 bits per heavy atom. The zero-order valence-corrected chi connectivity index (χ0v) is 9.87. The molecular formula is C12H9FN2OS. The molecule has 0 saturated heterocycles. The van der Waals surface area contributed by atoms with E-state index in [4.69, 9.17) is 0 Å². The van der Waals surface area contributed by atoms with Crippen molar-refractivity contribution in [1.29, 1.82) is 0 Å². The molecule has 2 rings (SSSR count). The summed E-state index contributed by atoms with van der Waals surface area (Å²) in [6.07, 6.45) is 4.01. The van der Waals surface area contributed by atoms with Gasteiger partial charge >= 0.3 is 0 Å². The SMILES string of the molecule is Cc1cnc(Sc2ccc(F)cc2C=O)nc1. The fourth-order valence-electron chi connectivity index (χ4n) is 1.24. The number of nitrogens with zero attached hydrogens (tertiary/aromatic N) is 2. The van der Waals surface area contributed by atoms with E-state index in [-0.39, 0.29) is 0 Å². The van der Waals surface area contributed by atoms with Crippen molar-refractivity contribution in [1.82, 2.24) is 9.97 Å². The molecule has 0 radical (unpaired) electrons. The topological polar surface area (TPSA) is 42.9 Å². The molecule has 1 heterocycles. The third-order valence-corrected chi connectivity index (χ3v) is 3.04. The molecule has 3 nitrogen and oxygen atoms in total. The maximum Gasteiger partial charge on any atom is 0.192 e. The minimum absolute atomic E-state index is 0.305. The molecule has 1 aromatic carbocycles. The third kappa shape index (κ3) is 2.88. The molecule has 0 aliphatic carbocycles. The summed E-state index contributed by atoms with van der Waals surface area (Å²) in [5.74, 6) is -0.429.